The van der Waals surface area contributed by atoms with Crippen LogP contribution in [0.2, 0.25) is 0 Å². The van der Waals surface area contributed by atoms with E-state index in [2.05, 4.69) is 54.4 Å². The number of rotatable bonds is 5. The Morgan fingerprint density at radius 1 is 1.15 bits per heavy atom. The first-order chi connectivity index (χ1) is 9.29. The number of halogens is 1. The molecule has 108 valence electrons. The van der Waals surface area contributed by atoms with E-state index >= 15 is 0 Å². The molecule has 0 radical (unpaired) electrons. The Kier molecular flexibility index (Phi) is 5.03. The van der Waals surface area contributed by atoms with Crippen LogP contribution in [-0.2, 0) is 6.54 Å². The lowest BCUT2D eigenvalue weighted by Gasteiger charge is -2.27. The SMILES string of the molecule is CN(Cc1cccc2ccccc12)C(CN)C1CC1.Cl. The zero-order chi connectivity index (χ0) is 13.2. The highest BCUT2D eigenvalue weighted by molar-refractivity contribution is 5.85. The summed E-state index contributed by atoms with van der Waals surface area (Å²) < 4.78 is 0. The summed E-state index contributed by atoms with van der Waals surface area (Å²) in [6, 6.07) is 15.7. The molecule has 0 bridgehead atoms. The average Bonchev–Trinajstić information content (AvgIpc) is 3.25. The second-order valence-corrected chi connectivity index (χ2v) is 5.69. The van der Waals surface area contributed by atoms with E-state index in [0.717, 1.165) is 19.0 Å². The molecule has 0 spiro atoms. The molecule has 3 heteroatoms. The molecule has 1 atom stereocenters. The van der Waals surface area contributed by atoms with Gasteiger partial charge < -0.3 is 5.73 Å². The van der Waals surface area contributed by atoms with E-state index < -0.39 is 0 Å². The van der Waals surface area contributed by atoms with Crippen LogP contribution in [0.4, 0.5) is 0 Å². The fourth-order valence-corrected chi connectivity index (χ4v) is 3.03. The van der Waals surface area contributed by atoms with Crippen LogP contribution < -0.4 is 5.73 Å². The van der Waals surface area contributed by atoms with Crippen molar-refractivity contribution in [2.45, 2.75) is 25.4 Å². The number of hydrogen-bond acceptors (Lipinski definition) is 2. The molecule has 1 saturated carbocycles. The smallest absolute Gasteiger partial charge is 0.0247 e. The Hall–Kier alpha value is -1.09. The first kappa shape index (κ1) is 15.3. The Labute approximate surface area is 127 Å². The molecule has 1 unspecified atom stereocenters. The third-order valence-electron chi connectivity index (χ3n) is 4.27. The lowest BCUT2D eigenvalue weighted by molar-refractivity contribution is 0.216. The first-order valence-electron chi connectivity index (χ1n) is 7.16. The maximum absolute atomic E-state index is 5.94. The number of benzene rings is 2. The molecule has 2 nitrogen and oxygen atoms in total. The van der Waals surface area contributed by atoms with Crippen molar-refractivity contribution in [3.63, 3.8) is 0 Å². The van der Waals surface area contributed by atoms with Crippen LogP contribution in [0.25, 0.3) is 10.8 Å². The molecule has 0 heterocycles. The predicted octanol–water partition coefficient (Wildman–Crippen LogP) is 3.43. The van der Waals surface area contributed by atoms with E-state index in [1.807, 2.05) is 0 Å². The van der Waals surface area contributed by atoms with Gasteiger partial charge in [0, 0.05) is 19.1 Å². The number of hydrogen-bond donors (Lipinski definition) is 1. The van der Waals surface area contributed by atoms with Gasteiger partial charge in [-0.25, -0.2) is 0 Å². The maximum Gasteiger partial charge on any atom is 0.0247 e. The molecule has 0 saturated heterocycles. The van der Waals surface area contributed by atoms with Crippen LogP contribution in [0, 0.1) is 5.92 Å². The summed E-state index contributed by atoms with van der Waals surface area (Å²) in [6.45, 7) is 1.76. The van der Waals surface area contributed by atoms with Crippen molar-refractivity contribution in [2.75, 3.05) is 13.6 Å². The van der Waals surface area contributed by atoms with Gasteiger partial charge in [-0.3, -0.25) is 4.90 Å². The van der Waals surface area contributed by atoms with Gasteiger partial charge in [0.15, 0.2) is 0 Å². The summed E-state index contributed by atoms with van der Waals surface area (Å²) in [5.74, 6) is 0.824. The van der Waals surface area contributed by atoms with Gasteiger partial charge in [-0.1, -0.05) is 42.5 Å². The fraction of sp³-hybridized carbons (Fsp3) is 0.412. The van der Waals surface area contributed by atoms with Crippen molar-refractivity contribution < 1.29 is 0 Å². The van der Waals surface area contributed by atoms with Gasteiger partial charge in [-0.15, -0.1) is 12.4 Å². The molecule has 2 aromatic rings. The van der Waals surface area contributed by atoms with Crippen LogP contribution in [0.5, 0.6) is 0 Å². The molecule has 0 amide bonds. The molecule has 3 rings (SSSR count). The van der Waals surface area contributed by atoms with Crippen LogP contribution in [0.15, 0.2) is 42.5 Å². The standard InChI is InChI=1S/C17H22N2.ClH/c1-19(17(11-18)14-9-10-14)12-15-7-4-6-13-5-2-3-8-16(13)15;/h2-8,14,17H,9-12,18H2,1H3;1H. The minimum atomic E-state index is 0. The van der Waals surface area contributed by atoms with E-state index in [1.165, 1.54) is 29.2 Å². The zero-order valence-corrected chi connectivity index (χ0v) is 12.8. The van der Waals surface area contributed by atoms with Crippen LogP contribution in [-0.4, -0.2) is 24.5 Å². The molecule has 0 aliphatic heterocycles. The monoisotopic (exact) mass is 290 g/mol. The highest BCUT2D eigenvalue weighted by atomic mass is 35.5. The van der Waals surface area contributed by atoms with Crippen molar-refractivity contribution in [1.29, 1.82) is 0 Å². The Balaban J connectivity index is 0.00000147. The lowest BCUT2D eigenvalue weighted by atomic mass is 10.0. The fourth-order valence-electron chi connectivity index (χ4n) is 3.03. The Morgan fingerprint density at radius 2 is 1.85 bits per heavy atom. The van der Waals surface area contributed by atoms with Gasteiger partial charge in [0.25, 0.3) is 0 Å². The van der Waals surface area contributed by atoms with Crippen molar-refractivity contribution in [2.24, 2.45) is 11.7 Å². The topological polar surface area (TPSA) is 29.3 Å². The highest BCUT2D eigenvalue weighted by Gasteiger charge is 2.32. The summed E-state index contributed by atoms with van der Waals surface area (Å²) in [5, 5.41) is 2.69. The molecule has 1 aliphatic carbocycles. The summed E-state index contributed by atoms with van der Waals surface area (Å²) in [6.07, 6.45) is 2.70. The summed E-state index contributed by atoms with van der Waals surface area (Å²) in [5.41, 5.74) is 7.34. The van der Waals surface area contributed by atoms with Gasteiger partial charge >= 0.3 is 0 Å². The molecule has 20 heavy (non-hydrogen) atoms. The molecule has 2 N–H and O–H groups in total. The predicted molar refractivity (Wildman–Crippen MR) is 88.2 cm³/mol. The summed E-state index contributed by atoms with van der Waals surface area (Å²) in [4.78, 5) is 2.43. The van der Waals surface area contributed by atoms with Gasteiger partial charge in [0.1, 0.15) is 0 Å². The second kappa shape index (κ2) is 6.57. The van der Waals surface area contributed by atoms with E-state index in [0.29, 0.717) is 6.04 Å². The van der Waals surface area contributed by atoms with E-state index in [1.54, 1.807) is 0 Å². The van der Waals surface area contributed by atoms with Crippen molar-refractivity contribution in [1.82, 2.24) is 4.90 Å². The van der Waals surface area contributed by atoms with Crippen LogP contribution >= 0.6 is 12.4 Å². The summed E-state index contributed by atoms with van der Waals surface area (Å²) in [7, 11) is 2.21. The number of nitrogens with two attached hydrogens (primary N) is 1. The molecule has 0 aromatic heterocycles. The lowest BCUT2D eigenvalue weighted by Crippen LogP contribution is -2.39. The van der Waals surface area contributed by atoms with E-state index in [9.17, 15) is 0 Å². The van der Waals surface area contributed by atoms with E-state index in [4.69, 9.17) is 5.73 Å². The van der Waals surface area contributed by atoms with Crippen LogP contribution in [0.1, 0.15) is 18.4 Å². The molecular weight excluding hydrogens is 268 g/mol. The van der Waals surface area contributed by atoms with Crippen LogP contribution in [0.3, 0.4) is 0 Å². The van der Waals surface area contributed by atoms with E-state index in [-0.39, 0.29) is 12.4 Å². The van der Waals surface area contributed by atoms with Crippen molar-refractivity contribution >= 4 is 23.2 Å². The number of fused-ring (bicyclic) bond motifs is 1. The van der Waals surface area contributed by atoms with Gasteiger partial charge in [0.05, 0.1) is 0 Å². The average molecular weight is 291 g/mol. The number of likely N-dealkylation sites (N-methyl/N-ethyl adjacent to an activating group) is 1. The second-order valence-electron chi connectivity index (χ2n) is 5.69. The normalized spacial score (nSPS) is 16.1. The first-order valence-corrected chi connectivity index (χ1v) is 7.16. The highest BCUT2D eigenvalue weighted by Crippen LogP contribution is 2.35. The molecular formula is C17H23ClN2. The van der Waals surface area contributed by atoms with Crippen molar-refractivity contribution in [3.05, 3.63) is 48.0 Å². The van der Waals surface area contributed by atoms with Gasteiger partial charge in [-0.05, 0) is 42.1 Å². The number of nitrogens with zero attached hydrogens (tertiary/aromatic N) is 1. The Morgan fingerprint density at radius 3 is 2.55 bits per heavy atom. The third-order valence-corrected chi connectivity index (χ3v) is 4.27. The minimum absolute atomic E-state index is 0. The minimum Gasteiger partial charge on any atom is -0.329 e. The maximum atomic E-state index is 5.94. The summed E-state index contributed by atoms with van der Waals surface area (Å²) >= 11 is 0. The molecule has 1 fully saturated rings. The van der Waals surface area contributed by atoms with Crippen molar-refractivity contribution in [3.8, 4) is 0 Å². The van der Waals surface area contributed by atoms with Gasteiger partial charge in [-0.2, -0.15) is 0 Å². The molecule has 1 aliphatic rings. The third kappa shape index (κ3) is 3.14. The largest absolute Gasteiger partial charge is 0.329 e. The Bertz CT molecular complexity index is 560. The van der Waals surface area contributed by atoms with Gasteiger partial charge in [0.2, 0.25) is 0 Å². The molecule has 2 aromatic carbocycles. The quantitative estimate of drug-likeness (QED) is 0.914. The zero-order valence-electron chi connectivity index (χ0n) is 12.0.